The third-order valence-corrected chi connectivity index (χ3v) is 0.491. The molecule has 0 spiro atoms. The second-order valence-electron chi connectivity index (χ2n) is 1.13. The first kappa shape index (κ1) is 17.1. The summed E-state index contributed by atoms with van der Waals surface area (Å²) < 4.78 is 4.33. The summed E-state index contributed by atoms with van der Waals surface area (Å²) in [6.07, 6.45) is 1.44. The van der Waals surface area contributed by atoms with Crippen LogP contribution in [0.3, 0.4) is 0 Å². The van der Waals surface area contributed by atoms with Gasteiger partial charge in [-0.05, 0) is 0 Å². The van der Waals surface area contributed by atoms with Gasteiger partial charge >= 0.3 is 35.5 Å². The minimum atomic E-state index is -0.620. The van der Waals surface area contributed by atoms with Crippen LogP contribution in [0, 0.1) is 0 Å². The molecule has 0 aromatic heterocycles. The Morgan fingerprint density at radius 3 is 2.36 bits per heavy atom. The summed E-state index contributed by atoms with van der Waals surface area (Å²) in [6.45, 7) is 8.91. The van der Waals surface area contributed by atoms with Crippen molar-refractivity contribution in [3.8, 4) is 0 Å². The Kier molecular flexibility index (Phi) is 25.7. The van der Waals surface area contributed by atoms with Crippen molar-refractivity contribution in [2.45, 2.75) is 0 Å². The molecule has 0 aliphatic rings. The smallest absolute Gasteiger partial charge is 1.00 e. The molecular weight excluding hydrogens is 155 g/mol. The molecule has 0 bridgehead atoms. The first-order chi connectivity index (χ1) is 4.81. The molecule has 0 saturated carbocycles. The molecule has 0 heterocycles. The number of ether oxygens (including phenoxy) is 1. The van der Waals surface area contributed by atoms with Gasteiger partial charge in [-0.1, -0.05) is 12.7 Å². The Balaban J connectivity index is -0.0000000740. The van der Waals surface area contributed by atoms with Crippen molar-refractivity contribution in [1.82, 2.24) is 0 Å². The van der Waals surface area contributed by atoms with E-state index >= 15 is 0 Å². The molecule has 0 atom stereocenters. The van der Waals surface area contributed by atoms with Crippen molar-refractivity contribution < 1.29 is 45.6 Å². The van der Waals surface area contributed by atoms with E-state index in [1.54, 1.807) is 0 Å². The Morgan fingerprint density at radius 1 is 1.64 bits per heavy atom. The molecule has 0 aromatic rings. The summed E-state index contributed by atoms with van der Waals surface area (Å²) in [4.78, 5) is 10.1. The zero-order valence-corrected chi connectivity index (χ0v) is 8.88. The van der Waals surface area contributed by atoms with E-state index in [0.29, 0.717) is 0 Å². The van der Waals surface area contributed by atoms with Crippen LogP contribution in [0.25, 0.3) is 0 Å². The van der Waals surface area contributed by atoms with Gasteiger partial charge in [-0.2, -0.15) is 0 Å². The van der Waals surface area contributed by atoms with Crippen LogP contribution in [-0.2, 0) is 9.53 Å². The van der Waals surface area contributed by atoms with Gasteiger partial charge < -0.3 is 11.3 Å². The quantitative estimate of drug-likeness (QED) is 0.291. The van der Waals surface area contributed by atoms with Crippen LogP contribution in [0.1, 0.15) is 1.43 Å². The summed E-state index contributed by atoms with van der Waals surface area (Å²) in [5.41, 5.74) is 0. The largest absolute Gasteiger partial charge is 1.00 e. The minimum Gasteiger partial charge on any atom is -1.00 e. The predicted octanol–water partition coefficient (Wildman–Crippen LogP) is -2.37. The second kappa shape index (κ2) is 16.5. The van der Waals surface area contributed by atoms with Crippen LogP contribution >= 0.6 is 0 Å². The number of aliphatic hydroxyl groups excluding tert-OH is 1. The molecule has 0 amide bonds. The number of carbonyl (C=O) groups excluding carboxylic acids is 1. The van der Waals surface area contributed by atoms with E-state index in [-0.39, 0.29) is 37.6 Å². The maximum absolute atomic E-state index is 10.1. The number of rotatable bonds is 3. The third-order valence-electron chi connectivity index (χ3n) is 0.491. The summed E-state index contributed by atoms with van der Waals surface area (Å²) in [5.74, 6) is -0.620. The molecule has 3 nitrogen and oxygen atoms in total. The second-order valence-corrected chi connectivity index (χ2v) is 1.13. The van der Waals surface area contributed by atoms with Gasteiger partial charge in [0.2, 0.25) is 0 Å². The Bertz CT molecular complexity index is 109. The van der Waals surface area contributed by atoms with Crippen LogP contribution in [0.2, 0.25) is 0 Å². The number of aliphatic hydroxyl groups is 1. The van der Waals surface area contributed by atoms with Gasteiger partial charge in [-0.3, -0.25) is 0 Å². The van der Waals surface area contributed by atoms with Crippen LogP contribution in [0.4, 0.5) is 0 Å². The molecule has 60 valence electrons. The molecule has 0 radical (unpaired) electrons. The van der Waals surface area contributed by atoms with Crippen LogP contribution in [-0.4, -0.2) is 24.3 Å². The number of hydrogen-bond donors (Lipinski definition) is 1. The van der Waals surface area contributed by atoms with E-state index in [9.17, 15) is 4.79 Å². The van der Waals surface area contributed by atoms with Crippen molar-refractivity contribution in [3.63, 3.8) is 0 Å². The maximum Gasteiger partial charge on any atom is 1.00 e. The van der Waals surface area contributed by atoms with Gasteiger partial charge in [0.15, 0.2) is 0 Å². The molecule has 11 heavy (non-hydrogen) atoms. The standard InChI is InChI=1S/C5H8O3.C2H4.Na.H/c1-2-3-8-5(7)4-6;1-2;;/h2,6H,1,3-4H2;1-2H2;;/q;;+1;-1. The normalized spacial score (nSPS) is 6.27. The average Bonchev–Trinajstić information content (AvgIpc) is 2.04. The fourth-order valence-corrected chi connectivity index (χ4v) is 0.198. The Morgan fingerprint density at radius 2 is 2.09 bits per heavy atom. The zero-order chi connectivity index (χ0) is 8.41. The summed E-state index contributed by atoms with van der Waals surface area (Å²) in [7, 11) is 0. The summed E-state index contributed by atoms with van der Waals surface area (Å²) in [5, 5.41) is 8.05. The van der Waals surface area contributed by atoms with Gasteiger partial charge in [0, 0.05) is 0 Å². The van der Waals surface area contributed by atoms with Gasteiger partial charge in [0.05, 0.1) is 0 Å². The average molecular weight is 168 g/mol. The predicted molar refractivity (Wildman–Crippen MR) is 40.6 cm³/mol. The van der Waals surface area contributed by atoms with Gasteiger partial charge in [0.1, 0.15) is 13.2 Å². The van der Waals surface area contributed by atoms with Crippen LogP contribution in [0.15, 0.2) is 25.8 Å². The topological polar surface area (TPSA) is 46.5 Å². The van der Waals surface area contributed by atoms with Crippen LogP contribution in [0.5, 0.6) is 0 Å². The van der Waals surface area contributed by atoms with E-state index in [1.807, 2.05) is 0 Å². The molecule has 0 saturated heterocycles. The van der Waals surface area contributed by atoms with Crippen molar-refractivity contribution in [3.05, 3.63) is 25.8 Å². The molecule has 0 aromatic carbocycles. The third kappa shape index (κ3) is 17.8. The summed E-state index contributed by atoms with van der Waals surface area (Å²) >= 11 is 0. The number of carbonyl (C=O) groups is 1. The summed E-state index contributed by atoms with van der Waals surface area (Å²) in [6, 6.07) is 0. The molecular formula is C7H13NaO3. The Labute approximate surface area is 90.5 Å². The number of hydrogen-bond acceptors (Lipinski definition) is 3. The monoisotopic (exact) mass is 168 g/mol. The maximum atomic E-state index is 10.1. The SMILES string of the molecule is C=C.C=CCOC(=O)CO.[H-].[Na+]. The van der Waals surface area contributed by atoms with Gasteiger partial charge in [0.25, 0.3) is 0 Å². The molecule has 1 N–H and O–H groups in total. The van der Waals surface area contributed by atoms with E-state index in [0.717, 1.165) is 0 Å². The first-order valence-electron chi connectivity index (χ1n) is 2.68. The molecule has 0 fully saturated rings. The molecule has 0 aliphatic carbocycles. The van der Waals surface area contributed by atoms with Crippen molar-refractivity contribution in [1.29, 1.82) is 0 Å². The van der Waals surface area contributed by atoms with Crippen molar-refractivity contribution in [2.24, 2.45) is 0 Å². The van der Waals surface area contributed by atoms with Gasteiger partial charge in [-0.15, -0.1) is 13.2 Å². The van der Waals surface area contributed by atoms with Gasteiger partial charge in [-0.25, -0.2) is 4.79 Å². The molecule has 0 unspecified atom stereocenters. The van der Waals surface area contributed by atoms with Crippen molar-refractivity contribution in [2.75, 3.05) is 13.2 Å². The minimum absolute atomic E-state index is 0. The van der Waals surface area contributed by atoms with Crippen molar-refractivity contribution >= 4 is 5.97 Å². The Hall–Kier alpha value is -0.0900. The molecule has 0 aliphatic heterocycles. The number of esters is 1. The first-order valence-corrected chi connectivity index (χ1v) is 2.68. The molecule has 4 heteroatoms. The van der Waals surface area contributed by atoms with E-state index in [4.69, 9.17) is 5.11 Å². The fourth-order valence-electron chi connectivity index (χ4n) is 0.198. The van der Waals surface area contributed by atoms with E-state index in [1.165, 1.54) is 6.08 Å². The van der Waals surface area contributed by atoms with E-state index in [2.05, 4.69) is 24.5 Å². The van der Waals surface area contributed by atoms with Crippen LogP contribution < -0.4 is 29.6 Å². The zero-order valence-electron chi connectivity index (χ0n) is 7.88. The fraction of sp³-hybridized carbons (Fsp3) is 0.286. The molecule has 0 rings (SSSR count). The van der Waals surface area contributed by atoms with E-state index < -0.39 is 12.6 Å².